The lowest BCUT2D eigenvalue weighted by atomic mass is 9.95. The van der Waals surface area contributed by atoms with Crippen molar-refractivity contribution in [1.82, 2.24) is 0 Å². The molecule has 1 aromatic rings. The molecule has 0 spiro atoms. The monoisotopic (exact) mass is 252 g/mol. The van der Waals surface area contributed by atoms with Crippen LogP contribution in [0.1, 0.15) is 29.8 Å². The summed E-state index contributed by atoms with van der Waals surface area (Å²) in [4.78, 5) is 11.3. The van der Waals surface area contributed by atoms with Gasteiger partial charge < -0.3 is 20.1 Å². The Morgan fingerprint density at radius 3 is 2.78 bits per heavy atom. The van der Waals surface area contributed by atoms with E-state index in [2.05, 4.69) is 0 Å². The molecule has 2 rings (SSSR count). The molecule has 0 radical (unpaired) electrons. The summed E-state index contributed by atoms with van der Waals surface area (Å²) in [6, 6.07) is 2.94. The third-order valence-electron chi connectivity index (χ3n) is 3.25. The first-order valence-corrected chi connectivity index (χ1v) is 5.72. The Balaban J connectivity index is 2.33. The summed E-state index contributed by atoms with van der Waals surface area (Å²) >= 11 is 0. The largest absolute Gasteiger partial charge is 0.507 e. The second-order valence-corrected chi connectivity index (χ2v) is 4.86. The smallest absolute Gasteiger partial charge is 0.163 e. The summed E-state index contributed by atoms with van der Waals surface area (Å²) in [6.45, 7) is 2.44. The molecule has 18 heavy (non-hydrogen) atoms. The highest BCUT2D eigenvalue weighted by Gasteiger charge is 2.38. The fraction of sp³-hybridized carbons (Fsp3) is 0.462. The van der Waals surface area contributed by atoms with E-state index in [1.54, 1.807) is 6.07 Å². The third-order valence-corrected chi connectivity index (χ3v) is 3.25. The van der Waals surface area contributed by atoms with Gasteiger partial charge in [0.25, 0.3) is 0 Å². The number of aromatic hydroxyl groups is 1. The van der Waals surface area contributed by atoms with Crippen molar-refractivity contribution in [2.45, 2.75) is 32.0 Å². The zero-order valence-electron chi connectivity index (χ0n) is 10.3. The Labute approximate surface area is 105 Å². The molecule has 0 bridgehead atoms. The minimum Gasteiger partial charge on any atom is -0.507 e. The van der Waals surface area contributed by atoms with Gasteiger partial charge in [0, 0.05) is 12.5 Å². The number of aliphatic hydroxyl groups excluding tert-OH is 1. The number of carbonyl (C=O) groups excluding carboxylic acids is 1. The van der Waals surface area contributed by atoms with Gasteiger partial charge in [0.1, 0.15) is 23.2 Å². The van der Waals surface area contributed by atoms with Crippen molar-refractivity contribution in [3.05, 3.63) is 23.3 Å². The summed E-state index contributed by atoms with van der Waals surface area (Å²) < 4.78 is 5.50. The van der Waals surface area contributed by atoms with Crippen molar-refractivity contribution in [2.24, 2.45) is 0 Å². The van der Waals surface area contributed by atoms with E-state index in [1.807, 2.05) is 0 Å². The lowest BCUT2D eigenvalue weighted by Crippen LogP contribution is -2.45. The number of aliphatic hydroxyl groups is 2. The Morgan fingerprint density at radius 1 is 1.56 bits per heavy atom. The van der Waals surface area contributed by atoms with Gasteiger partial charge in [-0.05, 0) is 25.5 Å². The molecule has 3 N–H and O–H groups in total. The minimum absolute atomic E-state index is 0.134. The Bertz CT molecular complexity index is 492. The molecule has 0 aliphatic carbocycles. The molecule has 0 saturated carbocycles. The van der Waals surface area contributed by atoms with Crippen molar-refractivity contribution in [1.29, 1.82) is 0 Å². The first-order valence-electron chi connectivity index (χ1n) is 5.72. The molecule has 1 aromatic carbocycles. The van der Waals surface area contributed by atoms with Crippen LogP contribution in [0.3, 0.4) is 0 Å². The second-order valence-electron chi connectivity index (χ2n) is 4.86. The number of hydrogen-bond donors (Lipinski definition) is 3. The summed E-state index contributed by atoms with van der Waals surface area (Å²) in [7, 11) is 0. The van der Waals surface area contributed by atoms with Crippen LogP contribution in [0.15, 0.2) is 12.1 Å². The zero-order chi connectivity index (χ0) is 13.5. The molecule has 0 amide bonds. The minimum atomic E-state index is -1.36. The Kier molecular flexibility index (Phi) is 3.04. The number of carbonyl (C=O) groups is 1. The van der Waals surface area contributed by atoms with Crippen LogP contribution in [0.4, 0.5) is 0 Å². The van der Waals surface area contributed by atoms with E-state index >= 15 is 0 Å². The van der Waals surface area contributed by atoms with E-state index < -0.39 is 18.3 Å². The highest BCUT2D eigenvalue weighted by atomic mass is 16.5. The number of phenols is 1. The van der Waals surface area contributed by atoms with E-state index in [-0.39, 0.29) is 17.1 Å². The van der Waals surface area contributed by atoms with Crippen LogP contribution in [0, 0.1) is 0 Å². The highest BCUT2D eigenvalue weighted by molar-refractivity contribution is 5.97. The summed E-state index contributed by atoms with van der Waals surface area (Å²) in [5.74, 6) is 0.0782. The number of ketones is 1. The molecule has 98 valence electrons. The van der Waals surface area contributed by atoms with Gasteiger partial charge in [0.15, 0.2) is 5.78 Å². The SMILES string of the molecule is CC(=O)c1cc2c(cc1O)OC(C(C)(O)CO)C2. The van der Waals surface area contributed by atoms with Gasteiger partial charge in [0.2, 0.25) is 0 Å². The summed E-state index contributed by atoms with van der Waals surface area (Å²) in [5, 5.41) is 28.7. The van der Waals surface area contributed by atoms with Crippen LogP contribution in [0.2, 0.25) is 0 Å². The number of phenolic OH excluding ortho intramolecular Hbond substituents is 1. The molecule has 2 unspecified atom stereocenters. The predicted octanol–water partition coefficient (Wildman–Crippen LogP) is 0.642. The number of benzene rings is 1. The Morgan fingerprint density at radius 2 is 2.22 bits per heavy atom. The molecule has 1 heterocycles. The average Bonchev–Trinajstić information content (AvgIpc) is 2.71. The average molecular weight is 252 g/mol. The number of fused-ring (bicyclic) bond motifs is 1. The predicted molar refractivity (Wildman–Crippen MR) is 63.9 cm³/mol. The van der Waals surface area contributed by atoms with Crippen molar-refractivity contribution in [3.63, 3.8) is 0 Å². The molecule has 5 nitrogen and oxygen atoms in total. The zero-order valence-corrected chi connectivity index (χ0v) is 10.3. The molecular weight excluding hydrogens is 236 g/mol. The van der Waals surface area contributed by atoms with Gasteiger partial charge in [0.05, 0.1) is 12.2 Å². The second kappa shape index (κ2) is 4.26. The van der Waals surface area contributed by atoms with Crippen molar-refractivity contribution in [2.75, 3.05) is 6.61 Å². The van der Waals surface area contributed by atoms with Crippen LogP contribution in [0.25, 0.3) is 0 Å². The maximum atomic E-state index is 11.3. The van der Waals surface area contributed by atoms with Gasteiger partial charge in [-0.3, -0.25) is 4.79 Å². The van der Waals surface area contributed by atoms with Crippen LogP contribution < -0.4 is 4.74 Å². The molecule has 0 fully saturated rings. The van der Waals surface area contributed by atoms with Gasteiger partial charge in [-0.15, -0.1) is 0 Å². The molecule has 0 saturated heterocycles. The Hall–Kier alpha value is -1.59. The lowest BCUT2D eigenvalue weighted by molar-refractivity contribution is -0.0729. The fourth-order valence-electron chi connectivity index (χ4n) is 2.01. The van der Waals surface area contributed by atoms with Crippen LogP contribution in [0.5, 0.6) is 11.5 Å². The molecule has 5 heteroatoms. The van der Waals surface area contributed by atoms with Gasteiger partial charge >= 0.3 is 0 Å². The third kappa shape index (κ3) is 2.07. The number of ether oxygens (including phenoxy) is 1. The lowest BCUT2D eigenvalue weighted by Gasteiger charge is -2.26. The standard InChI is InChI=1S/C13H16O5/c1-7(15)9-3-8-4-12(13(2,17)6-14)18-11(8)5-10(9)16/h3,5,12,14,16-17H,4,6H2,1-2H3. The maximum Gasteiger partial charge on any atom is 0.163 e. The summed E-state index contributed by atoms with van der Waals surface area (Å²) in [6.07, 6.45) is -0.192. The van der Waals surface area contributed by atoms with Crippen molar-refractivity contribution < 1.29 is 24.9 Å². The molecule has 2 atom stereocenters. The van der Waals surface area contributed by atoms with E-state index in [1.165, 1.54) is 19.9 Å². The number of rotatable bonds is 3. The molecule has 0 aromatic heterocycles. The first-order chi connectivity index (χ1) is 8.35. The number of hydrogen-bond acceptors (Lipinski definition) is 5. The summed E-state index contributed by atoms with van der Waals surface area (Å²) in [5.41, 5.74) is -0.372. The van der Waals surface area contributed by atoms with Crippen LogP contribution in [-0.2, 0) is 6.42 Å². The first kappa shape index (κ1) is 12.9. The van der Waals surface area contributed by atoms with Gasteiger partial charge in [-0.25, -0.2) is 0 Å². The van der Waals surface area contributed by atoms with E-state index in [9.17, 15) is 15.0 Å². The van der Waals surface area contributed by atoms with Crippen LogP contribution >= 0.6 is 0 Å². The fourth-order valence-corrected chi connectivity index (χ4v) is 2.01. The molecule has 1 aliphatic rings. The van der Waals surface area contributed by atoms with E-state index in [0.717, 1.165) is 5.56 Å². The van der Waals surface area contributed by atoms with Crippen molar-refractivity contribution in [3.8, 4) is 11.5 Å². The quantitative estimate of drug-likeness (QED) is 0.687. The van der Waals surface area contributed by atoms with E-state index in [4.69, 9.17) is 9.84 Å². The number of Topliss-reactive ketones (excluding diaryl/α,β-unsaturated/α-hetero) is 1. The normalized spacial score (nSPS) is 21.0. The molecule has 1 aliphatic heterocycles. The molecular formula is C13H16O5. The highest BCUT2D eigenvalue weighted by Crippen LogP contribution is 2.37. The van der Waals surface area contributed by atoms with Crippen LogP contribution in [-0.4, -0.2) is 39.4 Å². The van der Waals surface area contributed by atoms with Gasteiger partial charge in [-0.2, -0.15) is 0 Å². The van der Waals surface area contributed by atoms with Gasteiger partial charge in [-0.1, -0.05) is 0 Å². The van der Waals surface area contributed by atoms with E-state index in [0.29, 0.717) is 12.2 Å². The van der Waals surface area contributed by atoms with Crippen molar-refractivity contribution >= 4 is 5.78 Å². The maximum absolute atomic E-state index is 11.3. The topological polar surface area (TPSA) is 87.0 Å².